The molecule has 2 N–H and O–H groups in total. The number of rotatable bonds is 6. The van der Waals surface area contributed by atoms with Crippen LogP contribution in [0.3, 0.4) is 0 Å². The van der Waals surface area contributed by atoms with Crippen molar-refractivity contribution in [1.29, 1.82) is 0 Å². The van der Waals surface area contributed by atoms with E-state index in [4.69, 9.17) is 5.73 Å². The van der Waals surface area contributed by atoms with E-state index in [2.05, 4.69) is 18.9 Å². The smallest absolute Gasteiger partial charge is 0.0522 e. The van der Waals surface area contributed by atoms with E-state index in [1.165, 1.54) is 11.3 Å². The Morgan fingerprint density at radius 3 is 2.73 bits per heavy atom. The fourth-order valence-corrected chi connectivity index (χ4v) is 2.42. The SMILES string of the molecule is CC(C)CSCC(N)Cc1cnn(C)c1. The first-order chi connectivity index (χ1) is 7.08. The van der Waals surface area contributed by atoms with Gasteiger partial charge in [0.2, 0.25) is 0 Å². The number of hydrogen-bond donors (Lipinski definition) is 1. The fraction of sp³-hybridized carbons (Fsp3) is 0.727. The summed E-state index contributed by atoms with van der Waals surface area (Å²) in [6.45, 7) is 4.47. The topological polar surface area (TPSA) is 43.8 Å². The first kappa shape index (κ1) is 12.6. The van der Waals surface area contributed by atoms with E-state index in [9.17, 15) is 0 Å². The monoisotopic (exact) mass is 227 g/mol. The third-order valence-electron chi connectivity index (χ3n) is 2.04. The van der Waals surface area contributed by atoms with E-state index in [-0.39, 0.29) is 6.04 Å². The second-order valence-electron chi connectivity index (χ2n) is 4.42. The molecule has 1 unspecified atom stereocenters. The molecule has 15 heavy (non-hydrogen) atoms. The molecule has 1 heterocycles. The van der Waals surface area contributed by atoms with Crippen LogP contribution in [0, 0.1) is 5.92 Å². The van der Waals surface area contributed by atoms with Gasteiger partial charge in [-0.15, -0.1) is 0 Å². The van der Waals surface area contributed by atoms with Crippen LogP contribution in [0.5, 0.6) is 0 Å². The predicted molar refractivity (Wildman–Crippen MR) is 67.1 cm³/mol. The molecule has 0 aliphatic heterocycles. The molecule has 0 radical (unpaired) electrons. The molecule has 0 saturated carbocycles. The first-order valence-corrected chi connectivity index (χ1v) is 6.54. The summed E-state index contributed by atoms with van der Waals surface area (Å²) in [5.41, 5.74) is 7.27. The maximum Gasteiger partial charge on any atom is 0.0522 e. The Bertz CT molecular complexity index is 283. The van der Waals surface area contributed by atoms with Crippen molar-refractivity contribution in [1.82, 2.24) is 9.78 Å². The van der Waals surface area contributed by atoms with Gasteiger partial charge in [0.25, 0.3) is 0 Å². The summed E-state index contributed by atoms with van der Waals surface area (Å²) < 4.78 is 1.82. The lowest BCUT2D eigenvalue weighted by Crippen LogP contribution is -2.25. The predicted octanol–water partition coefficient (Wildman–Crippen LogP) is 1.68. The van der Waals surface area contributed by atoms with Crippen molar-refractivity contribution in [2.75, 3.05) is 11.5 Å². The third kappa shape index (κ3) is 5.23. The van der Waals surface area contributed by atoms with Crippen molar-refractivity contribution in [2.24, 2.45) is 18.7 Å². The minimum Gasteiger partial charge on any atom is -0.327 e. The van der Waals surface area contributed by atoms with Gasteiger partial charge in [-0.25, -0.2) is 0 Å². The number of aromatic nitrogens is 2. The van der Waals surface area contributed by atoms with Gasteiger partial charge in [-0.3, -0.25) is 4.68 Å². The quantitative estimate of drug-likeness (QED) is 0.804. The summed E-state index contributed by atoms with van der Waals surface area (Å²) in [6.07, 6.45) is 4.86. The van der Waals surface area contributed by atoms with Crippen molar-refractivity contribution in [3.63, 3.8) is 0 Å². The average Bonchev–Trinajstić information content (AvgIpc) is 2.50. The van der Waals surface area contributed by atoms with Crippen LogP contribution in [-0.2, 0) is 13.5 Å². The van der Waals surface area contributed by atoms with Crippen LogP contribution < -0.4 is 5.73 Å². The molecule has 0 aromatic carbocycles. The van der Waals surface area contributed by atoms with E-state index in [0.29, 0.717) is 0 Å². The minimum atomic E-state index is 0.248. The number of nitrogens with zero attached hydrogens (tertiary/aromatic N) is 2. The molecule has 0 aliphatic carbocycles. The Balaban J connectivity index is 2.21. The molecule has 0 spiro atoms. The number of aryl methyl sites for hydroxylation is 1. The zero-order chi connectivity index (χ0) is 11.3. The Kier molecular flexibility index (Phi) is 5.19. The third-order valence-corrected chi connectivity index (χ3v) is 3.61. The number of hydrogen-bond acceptors (Lipinski definition) is 3. The summed E-state index contributed by atoms with van der Waals surface area (Å²) in [5, 5.41) is 4.13. The van der Waals surface area contributed by atoms with E-state index in [0.717, 1.165) is 18.1 Å². The molecule has 0 saturated heterocycles. The van der Waals surface area contributed by atoms with Crippen LogP contribution in [0.1, 0.15) is 19.4 Å². The summed E-state index contributed by atoms with van der Waals surface area (Å²) in [4.78, 5) is 0. The molecule has 86 valence electrons. The maximum atomic E-state index is 6.04. The molecule has 1 rings (SSSR count). The van der Waals surface area contributed by atoms with Crippen molar-refractivity contribution < 1.29 is 0 Å². The Morgan fingerprint density at radius 2 is 2.20 bits per heavy atom. The molecule has 0 amide bonds. The second kappa shape index (κ2) is 6.18. The summed E-state index contributed by atoms with van der Waals surface area (Å²) in [7, 11) is 1.93. The molecule has 4 heteroatoms. The largest absolute Gasteiger partial charge is 0.327 e. The van der Waals surface area contributed by atoms with Crippen LogP contribution >= 0.6 is 11.8 Å². The van der Waals surface area contributed by atoms with Crippen molar-refractivity contribution >= 4 is 11.8 Å². The molecule has 0 bridgehead atoms. The highest BCUT2D eigenvalue weighted by molar-refractivity contribution is 7.99. The van der Waals surface area contributed by atoms with Crippen LogP contribution in [0.25, 0.3) is 0 Å². The van der Waals surface area contributed by atoms with Crippen LogP contribution in [0.15, 0.2) is 12.4 Å². The summed E-state index contributed by atoms with van der Waals surface area (Å²) in [6, 6.07) is 0.248. The van der Waals surface area contributed by atoms with Crippen molar-refractivity contribution in [3.05, 3.63) is 18.0 Å². The van der Waals surface area contributed by atoms with Gasteiger partial charge in [0, 0.05) is 25.0 Å². The Morgan fingerprint density at radius 1 is 1.47 bits per heavy atom. The van der Waals surface area contributed by atoms with Gasteiger partial charge >= 0.3 is 0 Å². The number of nitrogens with two attached hydrogens (primary N) is 1. The fourth-order valence-electron chi connectivity index (χ4n) is 1.39. The Labute approximate surface area is 96.4 Å². The number of thioether (sulfide) groups is 1. The highest BCUT2D eigenvalue weighted by Crippen LogP contribution is 2.10. The Hall–Kier alpha value is -0.480. The van der Waals surface area contributed by atoms with E-state index >= 15 is 0 Å². The second-order valence-corrected chi connectivity index (χ2v) is 5.49. The molecular formula is C11H21N3S. The van der Waals surface area contributed by atoms with Crippen LogP contribution in [-0.4, -0.2) is 27.3 Å². The maximum absolute atomic E-state index is 6.04. The van der Waals surface area contributed by atoms with E-state index in [1.807, 2.05) is 35.9 Å². The molecular weight excluding hydrogens is 206 g/mol. The lowest BCUT2D eigenvalue weighted by atomic mass is 10.1. The van der Waals surface area contributed by atoms with Crippen molar-refractivity contribution in [2.45, 2.75) is 26.3 Å². The molecule has 1 aromatic rings. The average molecular weight is 227 g/mol. The standard InChI is InChI=1S/C11H21N3S/c1-9(2)7-15-8-11(12)4-10-5-13-14(3)6-10/h5-6,9,11H,4,7-8,12H2,1-3H3. The van der Waals surface area contributed by atoms with Gasteiger partial charge in [-0.05, 0) is 23.7 Å². The minimum absolute atomic E-state index is 0.248. The lowest BCUT2D eigenvalue weighted by Gasteiger charge is -2.10. The normalized spacial score (nSPS) is 13.4. The molecule has 0 fully saturated rings. The highest BCUT2D eigenvalue weighted by Gasteiger charge is 2.06. The van der Waals surface area contributed by atoms with Gasteiger partial charge in [0.1, 0.15) is 0 Å². The van der Waals surface area contributed by atoms with Crippen LogP contribution in [0.4, 0.5) is 0 Å². The lowest BCUT2D eigenvalue weighted by molar-refractivity contribution is 0.730. The van der Waals surface area contributed by atoms with Crippen LogP contribution in [0.2, 0.25) is 0 Å². The first-order valence-electron chi connectivity index (χ1n) is 5.38. The van der Waals surface area contributed by atoms with Gasteiger partial charge in [0.05, 0.1) is 6.20 Å². The van der Waals surface area contributed by atoms with E-state index < -0.39 is 0 Å². The summed E-state index contributed by atoms with van der Waals surface area (Å²) >= 11 is 1.94. The summed E-state index contributed by atoms with van der Waals surface area (Å²) in [5.74, 6) is 2.98. The van der Waals surface area contributed by atoms with Gasteiger partial charge in [-0.1, -0.05) is 13.8 Å². The zero-order valence-electron chi connectivity index (χ0n) is 9.81. The van der Waals surface area contributed by atoms with Gasteiger partial charge < -0.3 is 5.73 Å². The molecule has 3 nitrogen and oxygen atoms in total. The highest BCUT2D eigenvalue weighted by atomic mass is 32.2. The van der Waals surface area contributed by atoms with Gasteiger partial charge in [-0.2, -0.15) is 16.9 Å². The molecule has 0 aliphatic rings. The van der Waals surface area contributed by atoms with E-state index in [1.54, 1.807) is 0 Å². The van der Waals surface area contributed by atoms with Gasteiger partial charge in [0.15, 0.2) is 0 Å². The molecule has 1 atom stereocenters. The zero-order valence-corrected chi connectivity index (χ0v) is 10.6. The van der Waals surface area contributed by atoms with Crippen molar-refractivity contribution in [3.8, 4) is 0 Å². The molecule has 1 aromatic heterocycles.